The van der Waals surface area contributed by atoms with E-state index in [0.717, 1.165) is 12.8 Å². The normalized spacial score (nSPS) is 14.7. The fourth-order valence-electron chi connectivity index (χ4n) is 3.77. The van der Waals surface area contributed by atoms with E-state index in [2.05, 4.69) is 9.97 Å². The largest absolute Gasteiger partial charge is 0.478 e. The van der Waals surface area contributed by atoms with E-state index in [1.807, 2.05) is 20.8 Å². The van der Waals surface area contributed by atoms with Crippen molar-refractivity contribution in [2.24, 2.45) is 5.92 Å². The fraction of sp³-hybridized carbons (Fsp3) is 0.500. The molecule has 178 valence electrons. The van der Waals surface area contributed by atoms with Crippen LogP contribution in [0, 0.1) is 5.92 Å². The predicted octanol–water partition coefficient (Wildman–Crippen LogP) is 4.14. The average Bonchev–Trinajstić information content (AvgIpc) is 3.17. The second kappa shape index (κ2) is 10.1. The van der Waals surface area contributed by atoms with Gasteiger partial charge in [-0.15, -0.1) is 0 Å². The number of esters is 1. The number of aromatic nitrogens is 2. The van der Waals surface area contributed by atoms with Crippen LogP contribution in [0.25, 0.3) is 11.3 Å². The van der Waals surface area contributed by atoms with E-state index in [0.29, 0.717) is 42.5 Å². The van der Waals surface area contributed by atoms with Crippen LogP contribution in [0.1, 0.15) is 67.2 Å². The summed E-state index contributed by atoms with van der Waals surface area (Å²) < 4.78 is 10.6. The Bertz CT molecular complexity index is 998. The minimum absolute atomic E-state index is 0.156. The summed E-state index contributed by atoms with van der Waals surface area (Å²) in [7, 11) is 0. The second-order valence-electron chi connectivity index (χ2n) is 9.12. The molecule has 1 fully saturated rings. The zero-order chi connectivity index (χ0) is 24.2. The Labute approximate surface area is 193 Å². The van der Waals surface area contributed by atoms with Crippen LogP contribution in [-0.2, 0) is 15.9 Å². The number of carbonyl (C=O) groups is 3. The van der Waals surface area contributed by atoms with E-state index in [-0.39, 0.29) is 24.0 Å². The van der Waals surface area contributed by atoms with E-state index < -0.39 is 17.5 Å². The van der Waals surface area contributed by atoms with Crippen molar-refractivity contribution in [3.8, 4) is 11.3 Å². The maximum absolute atomic E-state index is 12.5. The van der Waals surface area contributed by atoms with Gasteiger partial charge in [-0.1, -0.05) is 12.1 Å². The lowest BCUT2D eigenvalue weighted by molar-refractivity contribution is 0.0183. The number of carboxylic acids is 1. The topological polar surface area (TPSA) is 122 Å². The minimum Gasteiger partial charge on any atom is -0.478 e. The zero-order valence-corrected chi connectivity index (χ0v) is 19.5. The number of hydrogen-bond donors (Lipinski definition) is 2. The summed E-state index contributed by atoms with van der Waals surface area (Å²) in [4.78, 5) is 45.4. The Morgan fingerprint density at radius 2 is 1.79 bits per heavy atom. The molecule has 1 saturated heterocycles. The number of ether oxygens (including phenoxy) is 2. The van der Waals surface area contributed by atoms with Gasteiger partial charge >= 0.3 is 18.0 Å². The molecule has 0 unspecified atom stereocenters. The smallest absolute Gasteiger partial charge is 0.410 e. The zero-order valence-electron chi connectivity index (χ0n) is 19.5. The molecular weight excluding hydrogens is 426 g/mol. The highest BCUT2D eigenvalue weighted by atomic mass is 16.6. The molecular formula is C24H31N3O6. The number of carbonyl (C=O) groups excluding carboxylic acids is 2. The first kappa shape index (κ1) is 24.3. The standard InChI is InChI=1S/C24H31N3O6/c1-5-32-22(30)20-19(16-6-8-17(9-7-16)21(28)29)25-18(26-20)14-15-10-12-27(13-11-15)23(31)33-24(2,3)4/h6-9,15H,5,10-14H2,1-4H3,(H,25,26)(H,28,29). The second-order valence-corrected chi connectivity index (χ2v) is 9.12. The van der Waals surface area contributed by atoms with E-state index in [9.17, 15) is 14.4 Å². The molecule has 33 heavy (non-hydrogen) atoms. The van der Waals surface area contributed by atoms with Crippen LogP contribution >= 0.6 is 0 Å². The Kier molecular flexibility index (Phi) is 7.40. The third-order valence-corrected chi connectivity index (χ3v) is 5.39. The summed E-state index contributed by atoms with van der Waals surface area (Å²) in [6.45, 7) is 8.72. The van der Waals surface area contributed by atoms with Gasteiger partial charge in [0.05, 0.1) is 12.2 Å². The van der Waals surface area contributed by atoms with Crippen LogP contribution in [-0.4, -0.2) is 63.3 Å². The maximum atomic E-state index is 12.5. The molecule has 0 saturated carbocycles. The SMILES string of the molecule is CCOC(=O)c1[nH]c(CC2CCN(C(=O)OC(C)(C)C)CC2)nc1-c1ccc(C(=O)O)cc1. The summed E-state index contributed by atoms with van der Waals surface area (Å²) in [6.07, 6.45) is 1.94. The van der Waals surface area contributed by atoms with Gasteiger partial charge < -0.3 is 24.5 Å². The first-order chi connectivity index (χ1) is 15.6. The van der Waals surface area contributed by atoms with Crippen molar-refractivity contribution in [3.63, 3.8) is 0 Å². The highest BCUT2D eigenvalue weighted by molar-refractivity contribution is 5.95. The highest BCUT2D eigenvalue weighted by Gasteiger charge is 2.28. The summed E-state index contributed by atoms with van der Waals surface area (Å²) >= 11 is 0. The predicted molar refractivity (Wildman–Crippen MR) is 121 cm³/mol. The fourth-order valence-corrected chi connectivity index (χ4v) is 3.77. The number of aromatic carboxylic acids is 1. The number of piperidine rings is 1. The number of hydrogen-bond acceptors (Lipinski definition) is 6. The van der Waals surface area contributed by atoms with Gasteiger partial charge in [0.1, 0.15) is 17.1 Å². The van der Waals surface area contributed by atoms with Crippen LogP contribution in [0.3, 0.4) is 0 Å². The molecule has 1 aliphatic heterocycles. The van der Waals surface area contributed by atoms with E-state index in [1.165, 1.54) is 12.1 Å². The number of amides is 1. The molecule has 2 aromatic rings. The summed E-state index contributed by atoms with van der Waals surface area (Å²) in [6, 6.07) is 6.22. The Morgan fingerprint density at radius 1 is 1.15 bits per heavy atom. The molecule has 1 aromatic carbocycles. The average molecular weight is 458 g/mol. The van der Waals surface area contributed by atoms with Crippen molar-refractivity contribution in [1.82, 2.24) is 14.9 Å². The van der Waals surface area contributed by atoms with Crippen molar-refractivity contribution >= 4 is 18.0 Å². The van der Waals surface area contributed by atoms with Gasteiger partial charge in [-0.25, -0.2) is 19.4 Å². The molecule has 1 aromatic heterocycles. The van der Waals surface area contributed by atoms with E-state index >= 15 is 0 Å². The summed E-state index contributed by atoms with van der Waals surface area (Å²) in [5, 5.41) is 9.13. The van der Waals surface area contributed by atoms with Crippen molar-refractivity contribution < 1.29 is 29.0 Å². The lowest BCUT2D eigenvalue weighted by atomic mass is 9.93. The number of nitrogens with zero attached hydrogens (tertiary/aromatic N) is 2. The Balaban J connectivity index is 1.72. The summed E-state index contributed by atoms with van der Waals surface area (Å²) in [5.41, 5.74) is 0.951. The number of benzene rings is 1. The first-order valence-corrected chi connectivity index (χ1v) is 11.1. The van der Waals surface area contributed by atoms with Crippen LogP contribution < -0.4 is 0 Å². The van der Waals surface area contributed by atoms with Gasteiger partial charge in [0.15, 0.2) is 5.69 Å². The molecule has 9 heteroatoms. The van der Waals surface area contributed by atoms with E-state index in [1.54, 1.807) is 24.0 Å². The third kappa shape index (κ3) is 6.34. The van der Waals surface area contributed by atoms with Gasteiger partial charge in [0.25, 0.3) is 0 Å². The highest BCUT2D eigenvalue weighted by Crippen LogP contribution is 2.27. The number of aromatic amines is 1. The van der Waals surface area contributed by atoms with Crippen molar-refractivity contribution in [2.75, 3.05) is 19.7 Å². The number of H-pyrrole nitrogens is 1. The molecule has 1 amide bonds. The number of carboxylic acid groups (broad SMARTS) is 1. The molecule has 2 heterocycles. The van der Waals surface area contributed by atoms with Crippen molar-refractivity contribution in [2.45, 2.75) is 52.6 Å². The van der Waals surface area contributed by atoms with Gasteiger partial charge in [-0.2, -0.15) is 0 Å². The summed E-state index contributed by atoms with van der Waals surface area (Å²) in [5.74, 6) is -0.570. The van der Waals surface area contributed by atoms with Crippen molar-refractivity contribution in [1.29, 1.82) is 0 Å². The lowest BCUT2D eigenvalue weighted by Gasteiger charge is -2.33. The maximum Gasteiger partial charge on any atom is 0.410 e. The molecule has 9 nitrogen and oxygen atoms in total. The minimum atomic E-state index is -1.02. The quantitative estimate of drug-likeness (QED) is 0.625. The van der Waals surface area contributed by atoms with Crippen LogP contribution in [0.5, 0.6) is 0 Å². The molecule has 1 aliphatic rings. The van der Waals surface area contributed by atoms with Gasteiger partial charge in [0.2, 0.25) is 0 Å². The number of nitrogens with one attached hydrogen (secondary N) is 1. The molecule has 0 spiro atoms. The Morgan fingerprint density at radius 3 is 2.33 bits per heavy atom. The third-order valence-electron chi connectivity index (χ3n) is 5.39. The van der Waals surface area contributed by atoms with E-state index in [4.69, 9.17) is 14.6 Å². The number of rotatable bonds is 6. The molecule has 2 N–H and O–H groups in total. The van der Waals surface area contributed by atoms with Crippen LogP contribution in [0.4, 0.5) is 4.79 Å². The molecule has 3 rings (SSSR count). The van der Waals surface area contributed by atoms with Gasteiger partial charge in [-0.3, -0.25) is 0 Å². The van der Waals surface area contributed by atoms with Gasteiger partial charge in [-0.05, 0) is 58.6 Å². The number of likely N-dealkylation sites (tertiary alicyclic amines) is 1. The van der Waals surface area contributed by atoms with Gasteiger partial charge in [0, 0.05) is 25.1 Å². The van der Waals surface area contributed by atoms with Crippen LogP contribution in [0.2, 0.25) is 0 Å². The molecule has 0 bridgehead atoms. The van der Waals surface area contributed by atoms with Crippen molar-refractivity contribution in [3.05, 3.63) is 41.3 Å². The van der Waals surface area contributed by atoms with Crippen LogP contribution in [0.15, 0.2) is 24.3 Å². The number of imidazole rings is 1. The molecule has 0 aliphatic carbocycles. The lowest BCUT2D eigenvalue weighted by Crippen LogP contribution is -2.42. The monoisotopic (exact) mass is 457 g/mol. The molecule has 0 atom stereocenters. The first-order valence-electron chi connectivity index (χ1n) is 11.1. The Hall–Kier alpha value is -3.36. The molecule has 0 radical (unpaired) electrons.